The first-order valence-electron chi connectivity index (χ1n) is 7.95. The number of benzene rings is 1. The number of aryl methyl sites for hydroxylation is 1. The normalized spacial score (nSPS) is 11.9. The lowest BCUT2D eigenvalue weighted by atomic mass is 9.91. The van der Waals surface area contributed by atoms with Crippen LogP contribution in [0.5, 0.6) is 0 Å². The average Bonchev–Trinajstić information content (AvgIpc) is 3.03. The van der Waals surface area contributed by atoms with Crippen LogP contribution >= 0.6 is 0 Å². The molecule has 23 heavy (non-hydrogen) atoms. The lowest BCUT2D eigenvalue weighted by molar-refractivity contribution is -0.144. The van der Waals surface area contributed by atoms with Gasteiger partial charge in [0.1, 0.15) is 11.7 Å². The van der Waals surface area contributed by atoms with Gasteiger partial charge < -0.3 is 9.72 Å². The number of unbranched alkanes of at least 4 members (excludes halogenated alkanes) is 1. The molecule has 1 unspecified atom stereocenters. The second kappa shape index (κ2) is 8.27. The maximum atomic E-state index is 12.5. The SMILES string of the molecule is CCCCc1ccccc1C(C(=O)OCC)c1ncc(C=O)[nH]1. The van der Waals surface area contributed by atoms with Gasteiger partial charge in [-0.15, -0.1) is 0 Å². The van der Waals surface area contributed by atoms with Gasteiger partial charge in [-0.1, -0.05) is 37.6 Å². The zero-order valence-electron chi connectivity index (χ0n) is 13.5. The Morgan fingerprint density at radius 3 is 2.78 bits per heavy atom. The third kappa shape index (κ3) is 4.06. The number of H-pyrrole nitrogens is 1. The van der Waals surface area contributed by atoms with Crippen LogP contribution in [0.3, 0.4) is 0 Å². The fraction of sp³-hybridized carbons (Fsp3) is 0.389. The minimum absolute atomic E-state index is 0.299. The summed E-state index contributed by atoms with van der Waals surface area (Å²) in [6, 6.07) is 7.83. The summed E-state index contributed by atoms with van der Waals surface area (Å²) >= 11 is 0. The van der Waals surface area contributed by atoms with Gasteiger partial charge in [0.25, 0.3) is 0 Å². The fourth-order valence-corrected chi connectivity index (χ4v) is 2.58. The van der Waals surface area contributed by atoms with E-state index in [1.807, 2.05) is 24.3 Å². The molecular weight excluding hydrogens is 292 g/mol. The van der Waals surface area contributed by atoms with E-state index in [1.54, 1.807) is 6.92 Å². The van der Waals surface area contributed by atoms with Crippen LogP contribution in [0.4, 0.5) is 0 Å². The molecule has 2 aromatic rings. The second-order valence-corrected chi connectivity index (χ2v) is 5.33. The van der Waals surface area contributed by atoms with Gasteiger partial charge in [-0.05, 0) is 30.9 Å². The number of hydrogen-bond donors (Lipinski definition) is 1. The van der Waals surface area contributed by atoms with Gasteiger partial charge in [0.05, 0.1) is 18.5 Å². The van der Waals surface area contributed by atoms with E-state index in [1.165, 1.54) is 6.20 Å². The van der Waals surface area contributed by atoms with Crippen molar-refractivity contribution < 1.29 is 14.3 Å². The van der Waals surface area contributed by atoms with Crippen LogP contribution in [0.2, 0.25) is 0 Å². The van der Waals surface area contributed by atoms with E-state index >= 15 is 0 Å². The van der Waals surface area contributed by atoms with E-state index in [0.717, 1.165) is 30.4 Å². The molecule has 1 N–H and O–H groups in total. The molecule has 0 saturated heterocycles. The van der Waals surface area contributed by atoms with Crippen molar-refractivity contribution in [2.75, 3.05) is 6.61 Å². The molecular formula is C18H22N2O3. The van der Waals surface area contributed by atoms with E-state index < -0.39 is 5.92 Å². The second-order valence-electron chi connectivity index (χ2n) is 5.33. The summed E-state index contributed by atoms with van der Waals surface area (Å²) in [4.78, 5) is 30.5. The number of hydrogen-bond acceptors (Lipinski definition) is 4. The van der Waals surface area contributed by atoms with Crippen molar-refractivity contribution in [1.29, 1.82) is 0 Å². The van der Waals surface area contributed by atoms with E-state index in [9.17, 15) is 9.59 Å². The number of ether oxygens (including phenoxy) is 1. The molecule has 5 nitrogen and oxygen atoms in total. The number of nitrogens with zero attached hydrogens (tertiary/aromatic N) is 1. The standard InChI is InChI=1S/C18H22N2O3/c1-3-5-8-13-9-6-7-10-15(13)16(18(22)23-4-2)17-19-11-14(12-21)20-17/h6-7,9-12,16H,3-5,8H2,1-2H3,(H,19,20). The molecule has 0 radical (unpaired) electrons. The summed E-state index contributed by atoms with van der Waals surface area (Å²) in [6.45, 7) is 4.21. The summed E-state index contributed by atoms with van der Waals surface area (Å²) in [5.41, 5.74) is 2.34. The van der Waals surface area contributed by atoms with Gasteiger partial charge in [-0.2, -0.15) is 0 Å². The Morgan fingerprint density at radius 1 is 1.35 bits per heavy atom. The minimum Gasteiger partial charge on any atom is -0.465 e. The highest BCUT2D eigenvalue weighted by atomic mass is 16.5. The topological polar surface area (TPSA) is 72.0 Å². The van der Waals surface area contributed by atoms with Crippen LogP contribution in [0.15, 0.2) is 30.5 Å². The number of nitrogens with one attached hydrogen (secondary N) is 1. The predicted octanol–water partition coefficient (Wildman–Crippen LogP) is 3.26. The van der Waals surface area contributed by atoms with Crippen LogP contribution < -0.4 is 0 Å². The molecule has 0 aliphatic carbocycles. The van der Waals surface area contributed by atoms with Gasteiger partial charge in [0.2, 0.25) is 0 Å². The molecule has 122 valence electrons. The van der Waals surface area contributed by atoms with Crippen LogP contribution in [0, 0.1) is 0 Å². The summed E-state index contributed by atoms with van der Waals surface area (Å²) < 4.78 is 5.23. The maximum absolute atomic E-state index is 12.5. The van der Waals surface area contributed by atoms with E-state index in [0.29, 0.717) is 24.4 Å². The van der Waals surface area contributed by atoms with E-state index in [-0.39, 0.29) is 5.97 Å². The van der Waals surface area contributed by atoms with Crippen LogP contribution in [-0.4, -0.2) is 28.8 Å². The number of esters is 1. The number of aromatic nitrogens is 2. The minimum atomic E-state index is -0.642. The molecule has 0 amide bonds. The van der Waals surface area contributed by atoms with Crippen molar-refractivity contribution in [2.45, 2.75) is 39.0 Å². The molecule has 0 fully saturated rings. The Hall–Kier alpha value is -2.43. The first kappa shape index (κ1) is 16.9. The van der Waals surface area contributed by atoms with Gasteiger partial charge >= 0.3 is 5.97 Å². The lowest BCUT2D eigenvalue weighted by Gasteiger charge is -2.17. The molecule has 0 aliphatic rings. The van der Waals surface area contributed by atoms with Crippen molar-refractivity contribution in [3.05, 3.63) is 53.1 Å². The fourth-order valence-electron chi connectivity index (χ4n) is 2.58. The molecule has 1 aromatic heterocycles. The van der Waals surface area contributed by atoms with Crippen LogP contribution in [0.1, 0.15) is 60.0 Å². The lowest BCUT2D eigenvalue weighted by Crippen LogP contribution is -2.20. The van der Waals surface area contributed by atoms with Crippen molar-refractivity contribution >= 4 is 12.3 Å². The Kier molecular flexibility index (Phi) is 6.09. The molecule has 5 heteroatoms. The molecule has 0 aliphatic heterocycles. The molecule has 0 saturated carbocycles. The Morgan fingerprint density at radius 2 is 2.13 bits per heavy atom. The summed E-state index contributed by atoms with van der Waals surface area (Å²) in [6.07, 6.45) is 5.13. The smallest absolute Gasteiger partial charge is 0.321 e. The van der Waals surface area contributed by atoms with E-state index in [2.05, 4.69) is 16.9 Å². The first-order chi connectivity index (χ1) is 11.2. The summed E-state index contributed by atoms with van der Waals surface area (Å²) in [5.74, 6) is -0.561. The molecule has 2 rings (SSSR count). The Bertz CT molecular complexity index is 664. The monoisotopic (exact) mass is 314 g/mol. The van der Waals surface area contributed by atoms with Crippen LogP contribution in [0.25, 0.3) is 0 Å². The molecule has 1 aromatic carbocycles. The van der Waals surface area contributed by atoms with Gasteiger partial charge in [-0.25, -0.2) is 4.98 Å². The predicted molar refractivity (Wildman–Crippen MR) is 87.5 cm³/mol. The number of aromatic amines is 1. The molecule has 0 spiro atoms. The Labute approximate surface area is 136 Å². The number of aldehydes is 1. The highest BCUT2D eigenvalue weighted by Gasteiger charge is 2.28. The number of imidazole rings is 1. The highest BCUT2D eigenvalue weighted by molar-refractivity contribution is 5.82. The quantitative estimate of drug-likeness (QED) is 0.599. The number of rotatable bonds is 8. The summed E-state index contributed by atoms with van der Waals surface area (Å²) in [5, 5.41) is 0. The van der Waals surface area contributed by atoms with Crippen molar-refractivity contribution in [1.82, 2.24) is 9.97 Å². The summed E-state index contributed by atoms with van der Waals surface area (Å²) in [7, 11) is 0. The van der Waals surface area contributed by atoms with Crippen molar-refractivity contribution in [3.63, 3.8) is 0 Å². The zero-order chi connectivity index (χ0) is 16.7. The zero-order valence-corrected chi connectivity index (χ0v) is 13.5. The highest BCUT2D eigenvalue weighted by Crippen LogP contribution is 2.28. The largest absolute Gasteiger partial charge is 0.465 e. The average molecular weight is 314 g/mol. The van der Waals surface area contributed by atoms with Gasteiger partial charge in [0, 0.05) is 0 Å². The number of carbonyl (C=O) groups is 2. The first-order valence-corrected chi connectivity index (χ1v) is 7.95. The van der Waals surface area contributed by atoms with Crippen molar-refractivity contribution in [2.24, 2.45) is 0 Å². The molecule has 0 bridgehead atoms. The molecule has 1 atom stereocenters. The van der Waals surface area contributed by atoms with Gasteiger partial charge in [-0.3, -0.25) is 9.59 Å². The Balaban J connectivity index is 2.45. The number of carbonyl (C=O) groups excluding carboxylic acids is 2. The maximum Gasteiger partial charge on any atom is 0.321 e. The third-order valence-electron chi connectivity index (χ3n) is 3.70. The van der Waals surface area contributed by atoms with Crippen LogP contribution in [-0.2, 0) is 16.0 Å². The van der Waals surface area contributed by atoms with E-state index in [4.69, 9.17) is 4.74 Å². The van der Waals surface area contributed by atoms with Crippen molar-refractivity contribution in [3.8, 4) is 0 Å². The third-order valence-corrected chi connectivity index (χ3v) is 3.70. The van der Waals surface area contributed by atoms with Gasteiger partial charge in [0.15, 0.2) is 6.29 Å². The molecule has 1 heterocycles.